The Morgan fingerprint density at radius 1 is 1.12 bits per heavy atom. The van der Waals surface area contributed by atoms with Crippen molar-refractivity contribution in [3.63, 3.8) is 0 Å². The van der Waals surface area contributed by atoms with E-state index in [1.807, 2.05) is 0 Å². The summed E-state index contributed by atoms with van der Waals surface area (Å²) < 4.78 is 48.5. The number of carbonyl (C=O) groups excluding carboxylic acids is 1. The molecule has 1 aromatic carbocycles. The Balaban J connectivity index is 1.86. The van der Waals surface area contributed by atoms with Gasteiger partial charge in [-0.05, 0) is 45.4 Å². The molecule has 33 heavy (non-hydrogen) atoms. The van der Waals surface area contributed by atoms with E-state index in [9.17, 15) is 27.6 Å². The fraction of sp³-hybridized carbons (Fsp3) is 0.364. The number of rotatable bonds is 2. The van der Waals surface area contributed by atoms with Gasteiger partial charge in [0.05, 0.1) is 23.3 Å². The van der Waals surface area contributed by atoms with Gasteiger partial charge in [-0.1, -0.05) is 0 Å². The van der Waals surface area contributed by atoms with E-state index in [-0.39, 0.29) is 36.2 Å². The smallest absolute Gasteiger partial charge is 0.410 e. The number of likely N-dealkylation sites (tertiary alicyclic amines) is 1. The van der Waals surface area contributed by atoms with Gasteiger partial charge in [-0.25, -0.2) is 32.3 Å². The number of benzene rings is 1. The van der Waals surface area contributed by atoms with Gasteiger partial charge in [-0.3, -0.25) is 9.36 Å². The Morgan fingerprint density at radius 3 is 2.52 bits per heavy atom. The molecule has 1 amide bonds. The van der Waals surface area contributed by atoms with E-state index >= 15 is 0 Å². The first-order valence-electron chi connectivity index (χ1n) is 10.2. The second kappa shape index (κ2) is 8.05. The summed E-state index contributed by atoms with van der Waals surface area (Å²) >= 11 is 0. The summed E-state index contributed by atoms with van der Waals surface area (Å²) in [5, 5.41) is -0.213. The van der Waals surface area contributed by atoms with Gasteiger partial charge in [0.25, 0.3) is 5.56 Å². The van der Waals surface area contributed by atoms with Crippen LogP contribution in [-0.2, 0) is 4.74 Å². The van der Waals surface area contributed by atoms with E-state index < -0.39 is 46.4 Å². The maximum absolute atomic E-state index is 13.9. The second-order valence-corrected chi connectivity index (χ2v) is 8.79. The van der Waals surface area contributed by atoms with Crippen molar-refractivity contribution in [3.05, 3.63) is 68.8 Å². The van der Waals surface area contributed by atoms with Gasteiger partial charge in [0.1, 0.15) is 11.4 Å². The number of carbonyl (C=O) groups is 1. The summed E-state index contributed by atoms with van der Waals surface area (Å²) in [6, 6.07) is 2.97. The first-order valence-corrected chi connectivity index (χ1v) is 10.2. The molecule has 0 aliphatic carbocycles. The number of pyridine rings is 1. The summed E-state index contributed by atoms with van der Waals surface area (Å²) in [6.45, 7) is 5.39. The molecule has 1 saturated heterocycles. The highest BCUT2D eigenvalue weighted by atomic mass is 19.2. The van der Waals surface area contributed by atoms with Crippen molar-refractivity contribution in [3.8, 4) is 5.69 Å². The molecule has 0 saturated carbocycles. The van der Waals surface area contributed by atoms with Crippen LogP contribution in [0.4, 0.5) is 18.0 Å². The fourth-order valence-corrected chi connectivity index (χ4v) is 3.81. The zero-order valence-corrected chi connectivity index (χ0v) is 18.1. The summed E-state index contributed by atoms with van der Waals surface area (Å²) in [4.78, 5) is 44.2. The highest BCUT2D eigenvalue weighted by Gasteiger charge is 2.33. The van der Waals surface area contributed by atoms with Crippen LogP contribution in [0.5, 0.6) is 0 Å². The molecule has 8 nitrogen and oxygen atoms in total. The fourth-order valence-electron chi connectivity index (χ4n) is 3.81. The molecule has 3 heterocycles. The van der Waals surface area contributed by atoms with Crippen molar-refractivity contribution in [2.24, 2.45) is 0 Å². The lowest BCUT2D eigenvalue weighted by atomic mass is 10.2. The van der Waals surface area contributed by atoms with Gasteiger partial charge in [0.15, 0.2) is 17.3 Å². The molecular formula is C22H21F3N4O4. The molecule has 4 rings (SSSR count). The molecule has 1 atom stereocenters. The third-order valence-corrected chi connectivity index (χ3v) is 5.23. The van der Waals surface area contributed by atoms with Crippen LogP contribution in [0.1, 0.15) is 33.2 Å². The quantitative estimate of drug-likeness (QED) is 0.584. The molecule has 1 fully saturated rings. The minimum atomic E-state index is -1.20. The molecule has 174 valence electrons. The van der Waals surface area contributed by atoms with Crippen molar-refractivity contribution >= 4 is 17.1 Å². The number of amides is 1. The largest absolute Gasteiger partial charge is 0.444 e. The molecule has 0 bridgehead atoms. The van der Waals surface area contributed by atoms with Crippen molar-refractivity contribution < 1.29 is 22.7 Å². The van der Waals surface area contributed by atoms with Crippen LogP contribution >= 0.6 is 0 Å². The lowest BCUT2D eigenvalue weighted by Crippen LogP contribution is -2.43. The molecule has 0 spiro atoms. The Hall–Kier alpha value is -3.63. The summed E-state index contributed by atoms with van der Waals surface area (Å²) in [6.07, 6.45) is 0.495. The van der Waals surface area contributed by atoms with E-state index in [0.29, 0.717) is 0 Å². The first-order chi connectivity index (χ1) is 15.5. The van der Waals surface area contributed by atoms with Crippen molar-refractivity contribution in [1.82, 2.24) is 19.0 Å². The second-order valence-electron chi connectivity index (χ2n) is 8.79. The molecule has 0 radical (unpaired) electrons. The topological polar surface area (TPSA) is 86.4 Å². The zero-order valence-electron chi connectivity index (χ0n) is 18.1. The molecule has 0 unspecified atom stereocenters. The third kappa shape index (κ3) is 4.22. The molecule has 0 N–H and O–H groups in total. The monoisotopic (exact) mass is 462 g/mol. The van der Waals surface area contributed by atoms with E-state index in [1.54, 1.807) is 20.8 Å². The van der Waals surface area contributed by atoms with Crippen LogP contribution in [0.25, 0.3) is 16.7 Å². The minimum Gasteiger partial charge on any atom is -0.444 e. The van der Waals surface area contributed by atoms with E-state index in [1.165, 1.54) is 4.90 Å². The van der Waals surface area contributed by atoms with Crippen LogP contribution in [0.15, 0.2) is 40.1 Å². The van der Waals surface area contributed by atoms with Gasteiger partial charge in [0, 0.05) is 19.2 Å². The molecule has 11 heteroatoms. The Labute approximate surface area is 185 Å². The van der Waals surface area contributed by atoms with E-state index in [0.717, 1.165) is 39.6 Å². The molecule has 1 aliphatic heterocycles. The lowest BCUT2D eigenvalue weighted by molar-refractivity contribution is 0.0288. The lowest BCUT2D eigenvalue weighted by Gasteiger charge is -2.24. The number of ether oxygens (including phenoxy) is 1. The van der Waals surface area contributed by atoms with E-state index in [4.69, 9.17) is 4.74 Å². The maximum atomic E-state index is 13.9. The Kier molecular flexibility index (Phi) is 5.51. The number of nitrogens with zero attached hydrogens (tertiary/aromatic N) is 4. The Morgan fingerprint density at radius 2 is 1.85 bits per heavy atom. The van der Waals surface area contributed by atoms with Crippen LogP contribution in [0.2, 0.25) is 0 Å². The standard InChI is InChI=1S/C22H21F3N4O4/c1-22(2,3)33-21(32)27-7-6-14(11-27)29-19(30)15-8-12(23)10-26-18(15)28(20(29)31)13-4-5-16(24)17(25)9-13/h4-5,8-10,14H,6-7,11H2,1-3H3/t14-/m1/s1. The van der Waals surface area contributed by atoms with Crippen molar-refractivity contribution in [2.75, 3.05) is 13.1 Å². The number of halogens is 3. The Bertz CT molecular complexity index is 1380. The molecule has 1 aliphatic rings. The third-order valence-electron chi connectivity index (χ3n) is 5.23. The van der Waals surface area contributed by atoms with Crippen LogP contribution in [0, 0.1) is 17.5 Å². The summed E-state index contributed by atoms with van der Waals surface area (Å²) in [5.41, 5.74) is -2.67. The zero-order chi connectivity index (χ0) is 24.1. The SMILES string of the molecule is CC(C)(C)OC(=O)N1CC[C@@H](n2c(=O)c3cc(F)cnc3n(-c3ccc(F)c(F)c3)c2=O)C1. The highest BCUT2D eigenvalue weighted by molar-refractivity contribution is 5.75. The number of hydrogen-bond acceptors (Lipinski definition) is 5. The van der Waals surface area contributed by atoms with Gasteiger partial charge >= 0.3 is 11.8 Å². The van der Waals surface area contributed by atoms with Gasteiger partial charge in [-0.2, -0.15) is 0 Å². The normalized spacial score (nSPS) is 16.4. The van der Waals surface area contributed by atoms with Gasteiger partial charge < -0.3 is 9.64 Å². The first kappa shape index (κ1) is 22.6. The van der Waals surface area contributed by atoms with Crippen LogP contribution in [0.3, 0.4) is 0 Å². The summed E-state index contributed by atoms with van der Waals surface area (Å²) in [5.74, 6) is -3.12. The minimum absolute atomic E-state index is 0.0100. The molecule has 2 aromatic heterocycles. The average molecular weight is 462 g/mol. The van der Waals surface area contributed by atoms with Crippen molar-refractivity contribution in [2.45, 2.75) is 38.8 Å². The van der Waals surface area contributed by atoms with Gasteiger partial charge in [-0.15, -0.1) is 0 Å². The number of hydrogen-bond donors (Lipinski definition) is 0. The summed E-state index contributed by atoms with van der Waals surface area (Å²) in [7, 11) is 0. The van der Waals surface area contributed by atoms with E-state index in [2.05, 4.69) is 4.98 Å². The molecular weight excluding hydrogens is 441 g/mol. The van der Waals surface area contributed by atoms with Crippen LogP contribution < -0.4 is 11.2 Å². The highest BCUT2D eigenvalue weighted by Crippen LogP contribution is 2.23. The van der Waals surface area contributed by atoms with Crippen LogP contribution in [-0.4, -0.2) is 43.8 Å². The predicted molar refractivity (Wildman–Crippen MR) is 113 cm³/mol. The predicted octanol–water partition coefficient (Wildman–Crippen LogP) is 3.15. The number of aromatic nitrogens is 3. The number of fused-ring (bicyclic) bond motifs is 1. The average Bonchev–Trinajstić information content (AvgIpc) is 3.20. The van der Waals surface area contributed by atoms with Gasteiger partial charge in [0.2, 0.25) is 0 Å². The molecule has 3 aromatic rings. The maximum Gasteiger partial charge on any atom is 0.410 e. The van der Waals surface area contributed by atoms with Crippen molar-refractivity contribution in [1.29, 1.82) is 0 Å².